The van der Waals surface area contributed by atoms with Crippen LogP contribution in [0, 0.1) is 0 Å². The molecule has 0 amide bonds. The van der Waals surface area contributed by atoms with Crippen LogP contribution in [-0.4, -0.2) is 71.5 Å². The number of aliphatic imine (C=N–C) groups is 1. The molecule has 1 unspecified atom stereocenters. The summed E-state index contributed by atoms with van der Waals surface area (Å²) in [6, 6.07) is 8.31. The first-order chi connectivity index (χ1) is 13.1. The van der Waals surface area contributed by atoms with E-state index in [4.69, 9.17) is 14.5 Å². The second-order valence-corrected chi connectivity index (χ2v) is 6.80. The highest BCUT2D eigenvalue weighted by molar-refractivity contribution is 5.79. The second-order valence-electron chi connectivity index (χ2n) is 6.80. The van der Waals surface area contributed by atoms with Gasteiger partial charge in [0.2, 0.25) is 0 Å². The van der Waals surface area contributed by atoms with E-state index in [1.165, 1.54) is 5.56 Å². The van der Waals surface area contributed by atoms with Crippen molar-refractivity contribution in [3.05, 3.63) is 29.8 Å². The molecule has 0 fully saturated rings. The summed E-state index contributed by atoms with van der Waals surface area (Å²) in [7, 11) is 5.58. The highest BCUT2D eigenvalue weighted by Crippen LogP contribution is 2.21. The lowest BCUT2D eigenvalue weighted by atomic mass is 9.98. The zero-order chi connectivity index (χ0) is 19.9. The Kier molecular flexibility index (Phi) is 12.3. The molecule has 2 N–H and O–H groups in total. The summed E-state index contributed by atoms with van der Waals surface area (Å²) in [6.45, 7) is 9.72. The van der Waals surface area contributed by atoms with Crippen LogP contribution in [0.4, 0.5) is 0 Å². The standard InChI is InChI=1S/C21H38N4O2/c1-6-22-21(24-14-16-25(3)15-7-17-26-4)23-13-12-18(2)19-8-10-20(27-5)11-9-19/h8-11,18H,6-7,12-17H2,1-5H3,(H2,22,23,24). The lowest BCUT2D eigenvalue weighted by molar-refractivity contribution is 0.180. The minimum atomic E-state index is 0.467. The minimum absolute atomic E-state index is 0.467. The van der Waals surface area contributed by atoms with Crippen molar-refractivity contribution in [1.29, 1.82) is 0 Å². The van der Waals surface area contributed by atoms with Gasteiger partial charge in [0.25, 0.3) is 0 Å². The number of methoxy groups -OCH3 is 2. The van der Waals surface area contributed by atoms with Crippen molar-refractivity contribution >= 4 is 5.96 Å². The van der Waals surface area contributed by atoms with Crippen molar-refractivity contribution in [3.63, 3.8) is 0 Å². The van der Waals surface area contributed by atoms with Gasteiger partial charge in [-0.1, -0.05) is 19.1 Å². The summed E-state index contributed by atoms with van der Waals surface area (Å²) in [4.78, 5) is 7.02. The fourth-order valence-electron chi connectivity index (χ4n) is 2.77. The Morgan fingerprint density at radius 3 is 2.52 bits per heavy atom. The molecule has 154 valence electrons. The summed E-state index contributed by atoms with van der Waals surface area (Å²) >= 11 is 0. The molecule has 1 rings (SSSR count). The van der Waals surface area contributed by atoms with Crippen LogP contribution in [0.25, 0.3) is 0 Å². The Balaban J connectivity index is 2.36. The Bertz CT molecular complexity index is 519. The number of nitrogens with one attached hydrogen (secondary N) is 2. The Hall–Kier alpha value is -1.79. The van der Waals surface area contributed by atoms with E-state index in [-0.39, 0.29) is 0 Å². The van der Waals surface area contributed by atoms with Crippen LogP contribution in [0.15, 0.2) is 29.3 Å². The topological polar surface area (TPSA) is 58.1 Å². The van der Waals surface area contributed by atoms with E-state index >= 15 is 0 Å². The summed E-state index contributed by atoms with van der Waals surface area (Å²) in [5, 5.41) is 6.74. The van der Waals surface area contributed by atoms with Crippen molar-refractivity contribution in [1.82, 2.24) is 15.5 Å². The monoisotopic (exact) mass is 378 g/mol. The van der Waals surface area contributed by atoms with E-state index in [1.807, 2.05) is 12.1 Å². The number of hydrogen-bond donors (Lipinski definition) is 2. The first-order valence-corrected chi connectivity index (χ1v) is 9.94. The third-order valence-corrected chi connectivity index (χ3v) is 4.54. The lowest BCUT2D eigenvalue weighted by Gasteiger charge is -2.18. The number of guanidine groups is 1. The molecule has 0 aromatic heterocycles. The van der Waals surface area contributed by atoms with Gasteiger partial charge < -0.3 is 25.0 Å². The molecule has 0 heterocycles. The average Bonchev–Trinajstić information content (AvgIpc) is 2.68. The van der Waals surface area contributed by atoms with E-state index in [1.54, 1.807) is 14.2 Å². The lowest BCUT2D eigenvalue weighted by Crippen LogP contribution is -2.41. The van der Waals surface area contributed by atoms with Crippen molar-refractivity contribution in [2.75, 3.05) is 60.6 Å². The summed E-state index contributed by atoms with van der Waals surface area (Å²) in [5.74, 6) is 2.26. The van der Waals surface area contributed by atoms with Gasteiger partial charge in [0.15, 0.2) is 5.96 Å². The van der Waals surface area contributed by atoms with Crippen LogP contribution >= 0.6 is 0 Å². The summed E-state index contributed by atoms with van der Waals surface area (Å²) in [5.41, 5.74) is 1.32. The highest BCUT2D eigenvalue weighted by atomic mass is 16.5. The van der Waals surface area contributed by atoms with E-state index in [0.717, 1.165) is 63.9 Å². The van der Waals surface area contributed by atoms with Gasteiger partial charge in [-0.15, -0.1) is 0 Å². The van der Waals surface area contributed by atoms with Crippen LogP contribution in [-0.2, 0) is 4.74 Å². The van der Waals surface area contributed by atoms with Crippen molar-refractivity contribution in [3.8, 4) is 5.75 Å². The molecule has 0 spiro atoms. The van der Waals surface area contributed by atoms with Gasteiger partial charge in [-0.05, 0) is 50.4 Å². The molecule has 1 aromatic rings. The predicted molar refractivity (Wildman–Crippen MR) is 114 cm³/mol. The average molecular weight is 379 g/mol. The second kappa shape index (κ2) is 14.3. The number of hydrogen-bond acceptors (Lipinski definition) is 4. The molecule has 0 aliphatic heterocycles. The van der Waals surface area contributed by atoms with Crippen LogP contribution in [0.5, 0.6) is 5.75 Å². The van der Waals surface area contributed by atoms with Gasteiger partial charge in [0.05, 0.1) is 7.11 Å². The predicted octanol–water partition coefficient (Wildman–Crippen LogP) is 2.71. The van der Waals surface area contributed by atoms with Gasteiger partial charge >= 0.3 is 0 Å². The number of benzene rings is 1. The molecule has 0 bridgehead atoms. The zero-order valence-electron chi connectivity index (χ0n) is 17.8. The van der Waals surface area contributed by atoms with Crippen LogP contribution in [0.2, 0.25) is 0 Å². The Morgan fingerprint density at radius 2 is 1.89 bits per heavy atom. The molecule has 1 aromatic carbocycles. The molecule has 0 saturated heterocycles. The number of ether oxygens (including phenoxy) is 2. The van der Waals surface area contributed by atoms with Gasteiger partial charge in [-0.3, -0.25) is 4.99 Å². The SMILES string of the molecule is CCNC(=NCCC(C)c1ccc(OC)cc1)NCCN(C)CCCOC. The van der Waals surface area contributed by atoms with Crippen molar-refractivity contribution in [2.24, 2.45) is 4.99 Å². The van der Waals surface area contributed by atoms with Crippen LogP contribution in [0.3, 0.4) is 0 Å². The molecular formula is C21H38N4O2. The largest absolute Gasteiger partial charge is 0.497 e. The van der Waals surface area contributed by atoms with Gasteiger partial charge in [-0.25, -0.2) is 0 Å². The fraction of sp³-hybridized carbons (Fsp3) is 0.667. The zero-order valence-corrected chi connectivity index (χ0v) is 17.8. The molecule has 1 atom stereocenters. The third kappa shape index (κ3) is 10.2. The maximum Gasteiger partial charge on any atom is 0.191 e. The first-order valence-electron chi connectivity index (χ1n) is 9.94. The van der Waals surface area contributed by atoms with E-state index < -0.39 is 0 Å². The normalized spacial score (nSPS) is 12.9. The van der Waals surface area contributed by atoms with Crippen molar-refractivity contribution < 1.29 is 9.47 Å². The van der Waals surface area contributed by atoms with Crippen LogP contribution in [0.1, 0.15) is 38.2 Å². The molecule has 0 aliphatic carbocycles. The quantitative estimate of drug-likeness (QED) is 0.314. The van der Waals surface area contributed by atoms with Crippen molar-refractivity contribution in [2.45, 2.75) is 32.6 Å². The van der Waals surface area contributed by atoms with Gasteiger partial charge in [0.1, 0.15) is 5.75 Å². The molecule has 0 aliphatic rings. The molecular weight excluding hydrogens is 340 g/mol. The summed E-state index contributed by atoms with van der Waals surface area (Å²) < 4.78 is 10.3. The highest BCUT2D eigenvalue weighted by Gasteiger charge is 2.06. The Labute approximate surface area is 165 Å². The molecule has 6 nitrogen and oxygen atoms in total. The van der Waals surface area contributed by atoms with E-state index in [9.17, 15) is 0 Å². The first kappa shape index (κ1) is 23.2. The van der Waals surface area contributed by atoms with Gasteiger partial charge in [-0.2, -0.15) is 0 Å². The number of nitrogens with zero attached hydrogens (tertiary/aromatic N) is 2. The maximum atomic E-state index is 5.22. The number of rotatable bonds is 13. The van der Waals surface area contributed by atoms with Gasteiger partial charge in [0, 0.05) is 46.4 Å². The molecule has 6 heteroatoms. The number of likely N-dealkylation sites (N-methyl/N-ethyl adjacent to an activating group) is 1. The summed E-state index contributed by atoms with van der Waals surface area (Å²) in [6.07, 6.45) is 2.07. The Morgan fingerprint density at radius 1 is 1.15 bits per heavy atom. The molecule has 27 heavy (non-hydrogen) atoms. The fourth-order valence-corrected chi connectivity index (χ4v) is 2.77. The smallest absolute Gasteiger partial charge is 0.191 e. The molecule has 0 radical (unpaired) electrons. The minimum Gasteiger partial charge on any atom is -0.497 e. The van der Waals surface area contributed by atoms with E-state index in [0.29, 0.717) is 5.92 Å². The van der Waals surface area contributed by atoms with Crippen LogP contribution < -0.4 is 15.4 Å². The molecule has 0 saturated carbocycles. The van der Waals surface area contributed by atoms with E-state index in [2.05, 4.69) is 48.6 Å². The maximum absolute atomic E-state index is 5.22. The third-order valence-electron chi connectivity index (χ3n) is 4.54.